The molecule has 2 heterocycles. The van der Waals surface area contributed by atoms with Crippen molar-refractivity contribution in [3.05, 3.63) is 0 Å². The van der Waals surface area contributed by atoms with Crippen molar-refractivity contribution in [1.82, 2.24) is 4.90 Å². The zero-order valence-corrected chi connectivity index (χ0v) is 7.77. The summed E-state index contributed by atoms with van der Waals surface area (Å²) < 4.78 is 0. The summed E-state index contributed by atoms with van der Waals surface area (Å²) in [7, 11) is 0. The Bertz CT molecular complexity index is 193. The first-order valence-corrected chi connectivity index (χ1v) is 4.19. The van der Waals surface area contributed by atoms with Crippen LogP contribution in [0.25, 0.3) is 0 Å². The summed E-state index contributed by atoms with van der Waals surface area (Å²) in [5.41, 5.74) is -0.363. The molecule has 0 saturated carbocycles. The number of carboxylic acids is 1. The van der Waals surface area contributed by atoms with Crippen molar-refractivity contribution in [3.8, 4) is 0 Å². The summed E-state index contributed by atoms with van der Waals surface area (Å²) in [4.78, 5) is 13.2. The molecule has 1 N–H and O–H groups in total. The van der Waals surface area contributed by atoms with Crippen LogP contribution in [0.4, 0.5) is 0 Å². The summed E-state index contributed by atoms with van der Waals surface area (Å²) in [6.07, 6.45) is 2.81. The number of carboxylic acid groups (broad SMARTS) is 1. The fraction of sp³-hybridized carbons (Fsp3) is 0.875. The van der Waals surface area contributed by atoms with Crippen molar-refractivity contribution in [3.63, 3.8) is 0 Å². The smallest absolute Gasteiger partial charge is 0.310 e. The molecule has 0 aromatic carbocycles. The average Bonchev–Trinajstić information content (AvgIpc) is 2.29. The first-order valence-electron chi connectivity index (χ1n) is 4.19. The van der Waals surface area contributed by atoms with Crippen LogP contribution in [-0.4, -0.2) is 35.6 Å². The number of fused-ring (bicyclic) bond motifs is 2. The number of halogens is 1. The Morgan fingerprint density at radius 2 is 2.08 bits per heavy atom. The van der Waals surface area contributed by atoms with E-state index in [4.69, 9.17) is 5.11 Å². The largest absolute Gasteiger partial charge is 0.481 e. The van der Waals surface area contributed by atoms with Crippen molar-refractivity contribution in [2.75, 3.05) is 19.6 Å². The van der Waals surface area contributed by atoms with E-state index in [0.717, 1.165) is 38.9 Å². The van der Waals surface area contributed by atoms with E-state index in [0.29, 0.717) is 0 Å². The minimum absolute atomic E-state index is 0. The van der Waals surface area contributed by atoms with Gasteiger partial charge in [0.05, 0.1) is 5.41 Å². The lowest BCUT2D eigenvalue weighted by Gasteiger charge is -2.29. The highest BCUT2D eigenvalue weighted by Gasteiger charge is 2.46. The van der Waals surface area contributed by atoms with Crippen LogP contribution in [0.3, 0.4) is 0 Å². The van der Waals surface area contributed by atoms with Crippen LogP contribution in [0.5, 0.6) is 0 Å². The van der Waals surface area contributed by atoms with Crippen LogP contribution in [0.2, 0.25) is 0 Å². The molecule has 0 amide bonds. The zero-order chi connectivity index (χ0) is 7.90. The average molecular weight is 192 g/mol. The number of piperidine rings is 1. The third-order valence-electron chi connectivity index (χ3n) is 3.02. The van der Waals surface area contributed by atoms with E-state index >= 15 is 0 Å². The van der Waals surface area contributed by atoms with Crippen molar-refractivity contribution < 1.29 is 9.90 Å². The van der Waals surface area contributed by atoms with Gasteiger partial charge in [-0.25, -0.2) is 0 Å². The van der Waals surface area contributed by atoms with Crippen molar-refractivity contribution in [2.24, 2.45) is 5.41 Å². The maximum atomic E-state index is 10.9. The molecule has 2 fully saturated rings. The molecule has 0 radical (unpaired) electrons. The number of hydrogen-bond acceptors (Lipinski definition) is 2. The highest BCUT2D eigenvalue weighted by Crippen LogP contribution is 2.39. The Balaban J connectivity index is 0.000000720. The molecule has 12 heavy (non-hydrogen) atoms. The van der Waals surface area contributed by atoms with Crippen LogP contribution in [-0.2, 0) is 4.79 Å². The molecule has 2 rings (SSSR count). The Labute approximate surface area is 78.2 Å². The fourth-order valence-corrected chi connectivity index (χ4v) is 2.28. The van der Waals surface area contributed by atoms with Gasteiger partial charge in [0.25, 0.3) is 0 Å². The summed E-state index contributed by atoms with van der Waals surface area (Å²) in [5.74, 6) is -0.584. The molecule has 2 saturated heterocycles. The molecule has 3 nitrogen and oxygen atoms in total. The van der Waals surface area contributed by atoms with Gasteiger partial charge in [-0.05, 0) is 32.4 Å². The zero-order valence-electron chi connectivity index (χ0n) is 6.95. The minimum Gasteiger partial charge on any atom is -0.481 e. The van der Waals surface area contributed by atoms with E-state index < -0.39 is 5.97 Å². The number of aliphatic carboxylic acids is 1. The minimum atomic E-state index is -0.584. The van der Waals surface area contributed by atoms with E-state index in [1.165, 1.54) is 0 Å². The van der Waals surface area contributed by atoms with Gasteiger partial charge in [0.2, 0.25) is 0 Å². The highest BCUT2D eigenvalue weighted by atomic mass is 35.5. The Hall–Kier alpha value is -0.280. The second-order valence-corrected chi connectivity index (χ2v) is 3.72. The molecule has 0 aliphatic carbocycles. The van der Waals surface area contributed by atoms with Crippen molar-refractivity contribution >= 4 is 18.4 Å². The van der Waals surface area contributed by atoms with Crippen LogP contribution in [0.1, 0.15) is 19.3 Å². The molecular weight excluding hydrogens is 178 g/mol. The third kappa shape index (κ3) is 1.31. The fourth-order valence-electron chi connectivity index (χ4n) is 2.28. The van der Waals surface area contributed by atoms with E-state index in [2.05, 4.69) is 4.90 Å². The van der Waals surface area contributed by atoms with E-state index in [1.807, 2.05) is 0 Å². The third-order valence-corrected chi connectivity index (χ3v) is 3.02. The summed E-state index contributed by atoms with van der Waals surface area (Å²) >= 11 is 0. The summed E-state index contributed by atoms with van der Waals surface area (Å²) in [6, 6.07) is 0. The number of rotatable bonds is 1. The SMILES string of the molecule is Cl.O=C(O)C12CCCN(CC1)C2. The molecule has 0 aromatic rings. The first kappa shape index (κ1) is 9.81. The lowest BCUT2D eigenvalue weighted by molar-refractivity contribution is -0.149. The van der Waals surface area contributed by atoms with Gasteiger partial charge in [-0.2, -0.15) is 0 Å². The first-order chi connectivity index (χ1) is 5.23. The number of hydrogen-bond donors (Lipinski definition) is 1. The molecule has 0 spiro atoms. The molecule has 2 atom stereocenters. The number of nitrogens with zero attached hydrogens (tertiary/aromatic N) is 1. The van der Waals surface area contributed by atoms with Crippen molar-refractivity contribution in [2.45, 2.75) is 19.3 Å². The van der Waals surface area contributed by atoms with Gasteiger partial charge in [0.1, 0.15) is 0 Å². The second-order valence-electron chi connectivity index (χ2n) is 3.72. The van der Waals surface area contributed by atoms with E-state index in [1.54, 1.807) is 0 Å². The van der Waals surface area contributed by atoms with Crippen molar-refractivity contribution in [1.29, 1.82) is 0 Å². The topological polar surface area (TPSA) is 40.5 Å². The monoisotopic (exact) mass is 191 g/mol. The van der Waals surface area contributed by atoms with Gasteiger partial charge in [-0.15, -0.1) is 12.4 Å². The molecule has 0 aromatic heterocycles. The molecule has 2 aliphatic heterocycles. The highest BCUT2D eigenvalue weighted by molar-refractivity contribution is 5.85. The Kier molecular flexibility index (Phi) is 2.64. The van der Waals surface area contributed by atoms with Gasteiger partial charge in [-0.3, -0.25) is 4.79 Å². The molecule has 2 aliphatic rings. The maximum Gasteiger partial charge on any atom is 0.310 e. The molecule has 2 bridgehead atoms. The molecule has 2 unspecified atom stereocenters. The van der Waals surface area contributed by atoms with Crippen LogP contribution in [0.15, 0.2) is 0 Å². The standard InChI is InChI=1S/C8H13NO2.ClH/c10-7(11)8-2-1-4-9(6-8)5-3-8;/h1-6H2,(H,10,11);1H. The predicted molar refractivity (Wildman–Crippen MR) is 47.6 cm³/mol. The maximum absolute atomic E-state index is 10.9. The molecular formula is C8H14ClNO2. The lowest BCUT2D eigenvalue weighted by Crippen LogP contribution is -2.39. The van der Waals surface area contributed by atoms with Gasteiger partial charge in [-0.1, -0.05) is 0 Å². The molecule has 70 valence electrons. The quantitative estimate of drug-likeness (QED) is 0.672. The summed E-state index contributed by atoms with van der Waals surface area (Å²) in [6.45, 7) is 2.89. The Morgan fingerprint density at radius 1 is 1.33 bits per heavy atom. The second kappa shape index (κ2) is 3.23. The predicted octanol–water partition coefficient (Wildman–Crippen LogP) is 0.979. The van der Waals surface area contributed by atoms with E-state index in [9.17, 15) is 4.79 Å². The normalized spacial score (nSPS) is 38.8. The molecule has 4 heteroatoms. The number of carbonyl (C=O) groups is 1. The summed E-state index contributed by atoms with van der Waals surface area (Å²) in [5, 5.41) is 8.99. The van der Waals surface area contributed by atoms with Gasteiger partial charge in [0.15, 0.2) is 0 Å². The van der Waals surface area contributed by atoms with Gasteiger partial charge in [0, 0.05) is 6.54 Å². The lowest BCUT2D eigenvalue weighted by atomic mass is 9.81. The van der Waals surface area contributed by atoms with Crippen LogP contribution >= 0.6 is 12.4 Å². The van der Waals surface area contributed by atoms with Gasteiger partial charge >= 0.3 is 5.97 Å². The van der Waals surface area contributed by atoms with Gasteiger partial charge < -0.3 is 10.0 Å². The van der Waals surface area contributed by atoms with E-state index in [-0.39, 0.29) is 17.8 Å². The van der Waals surface area contributed by atoms with Crippen LogP contribution in [0, 0.1) is 5.41 Å². The Morgan fingerprint density at radius 3 is 2.67 bits per heavy atom. The van der Waals surface area contributed by atoms with Crippen LogP contribution < -0.4 is 0 Å².